The first-order chi connectivity index (χ1) is 8.56. The highest BCUT2D eigenvalue weighted by atomic mass is 35.5. The van der Waals surface area contributed by atoms with Crippen LogP contribution in [-0.4, -0.2) is 10.1 Å². The number of ether oxygens (including phenoxy) is 1. The quantitative estimate of drug-likeness (QED) is 0.914. The zero-order chi connectivity index (χ0) is 13.1. The van der Waals surface area contributed by atoms with Crippen LogP contribution in [0.3, 0.4) is 0 Å². The van der Waals surface area contributed by atoms with Crippen LogP contribution in [-0.2, 0) is 0 Å². The van der Waals surface area contributed by atoms with E-state index in [4.69, 9.17) is 16.3 Å². The molecule has 0 spiro atoms. The molecule has 0 amide bonds. The molecule has 0 saturated heterocycles. The van der Waals surface area contributed by atoms with E-state index < -0.39 is 6.10 Å². The van der Waals surface area contributed by atoms with Gasteiger partial charge in [-0.1, -0.05) is 17.7 Å². The molecule has 0 saturated carbocycles. The molecule has 0 fully saturated rings. The summed E-state index contributed by atoms with van der Waals surface area (Å²) in [5, 5.41) is 9.99. The molecular weight excluding hydrogens is 250 g/mol. The van der Waals surface area contributed by atoms with Gasteiger partial charge in [0.2, 0.25) is 0 Å². The smallest absolute Gasteiger partial charge is 0.145 e. The molecule has 2 aromatic rings. The van der Waals surface area contributed by atoms with Crippen molar-refractivity contribution in [2.24, 2.45) is 0 Å². The summed E-state index contributed by atoms with van der Waals surface area (Å²) in [4.78, 5) is 4.12. The fourth-order valence-corrected chi connectivity index (χ4v) is 1.67. The molecule has 2 rings (SSSR count). The molecule has 0 bridgehead atoms. The molecule has 1 N–H and O–H groups in total. The van der Waals surface area contributed by atoms with Gasteiger partial charge in [-0.2, -0.15) is 0 Å². The molecule has 3 nitrogen and oxygen atoms in total. The SMILES string of the molecule is Cc1ccc(Cl)cc1Oc1ccc([C@H](C)O)nc1. The zero-order valence-corrected chi connectivity index (χ0v) is 11.0. The summed E-state index contributed by atoms with van der Waals surface area (Å²) in [5.74, 6) is 1.32. The Bertz CT molecular complexity index is 538. The number of aliphatic hydroxyl groups excluding tert-OH is 1. The number of halogens is 1. The maximum atomic E-state index is 9.36. The highest BCUT2D eigenvalue weighted by Gasteiger charge is 2.05. The van der Waals surface area contributed by atoms with Crippen molar-refractivity contribution in [2.45, 2.75) is 20.0 Å². The van der Waals surface area contributed by atoms with Crippen LogP contribution in [0.2, 0.25) is 5.02 Å². The molecule has 0 aliphatic carbocycles. The van der Waals surface area contributed by atoms with Gasteiger partial charge in [0.1, 0.15) is 11.5 Å². The standard InChI is InChI=1S/C14H14ClNO2/c1-9-3-4-11(15)7-14(9)18-12-5-6-13(10(2)17)16-8-12/h3-8,10,17H,1-2H3/t10-/m0/s1. The second-order valence-corrected chi connectivity index (χ2v) is 4.54. The number of hydrogen-bond acceptors (Lipinski definition) is 3. The number of aryl methyl sites for hydroxylation is 1. The predicted molar refractivity (Wildman–Crippen MR) is 71.1 cm³/mol. The van der Waals surface area contributed by atoms with Crippen LogP contribution in [0.15, 0.2) is 36.5 Å². The van der Waals surface area contributed by atoms with E-state index in [0.29, 0.717) is 22.2 Å². The van der Waals surface area contributed by atoms with Crippen LogP contribution in [0.1, 0.15) is 24.3 Å². The molecule has 1 atom stereocenters. The van der Waals surface area contributed by atoms with Crippen LogP contribution >= 0.6 is 11.6 Å². The van der Waals surface area contributed by atoms with Crippen molar-refractivity contribution in [1.29, 1.82) is 0 Å². The minimum absolute atomic E-state index is 0.577. The summed E-state index contributed by atoms with van der Waals surface area (Å²) in [6.07, 6.45) is 1.01. The maximum Gasteiger partial charge on any atom is 0.145 e. The van der Waals surface area contributed by atoms with Crippen molar-refractivity contribution in [2.75, 3.05) is 0 Å². The van der Waals surface area contributed by atoms with E-state index >= 15 is 0 Å². The van der Waals surface area contributed by atoms with Gasteiger partial charge in [-0.15, -0.1) is 0 Å². The lowest BCUT2D eigenvalue weighted by Crippen LogP contribution is -1.95. The number of aromatic nitrogens is 1. The largest absolute Gasteiger partial charge is 0.455 e. The number of nitrogens with zero attached hydrogens (tertiary/aromatic N) is 1. The summed E-state index contributed by atoms with van der Waals surface area (Å²) >= 11 is 5.92. The third kappa shape index (κ3) is 3.00. The van der Waals surface area contributed by atoms with Gasteiger partial charge in [0.15, 0.2) is 0 Å². The first-order valence-electron chi connectivity index (χ1n) is 5.64. The lowest BCUT2D eigenvalue weighted by atomic mass is 10.2. The minimum atomic E-state index is -0.577. The topological polar surface area (TPSA) is 42.4 Å². The molecular formula is C14H14ClNO2. The Kier molecular flexibility index (Phi) is 3.84. The van der Waals surface area contributed by atoms with E-state index in [1.54, 1.807) is 31.3 Å². The molecule has 1 aromatic carbocycles. The van der Waals surface area contributed by atoms with Crippen molar-refractivity contribution in [3.63, 3.8) is 0 Å². The first kappa shape index (κ1) is 12.9. The zero-order valence-electron chi connectivity index (χ0n) is 10.2. The molecule has 1 aromatic heterocycles. The van der Waals surface area contributed by atoms with Crippen molar-refractivity contribution >= 4 is 11.6 Å². The number of aliphatic hydroxyl groups is 1. The van der Waals surface area contributed by atoms with Crippen LogP contribution < -0.4 is 4.74 Å². The average molecular weight is 264 g/mol. The second-order valence-electron chi connectivity index (χ2n) is 4.11. The normalized spacial score (nSPS) is 12.2. The Morgan fingerprint density at radius 1 is 1.28 bits per heavy atom. The van der Waals surface area contributed by atoms with E-state index in [-0.39, 0.29) is 0 Å². The molecule has 0 unspecified atom stereocenters. The van der Waals surface area contributed by atoms with Crippen LogP contribution in [0.4, 0.5) is 0 Å². The molecule has 1 heterocycles. The van der Waals surface area contributed by atoms with Crippen LogP contribution in [0.5, 0.6) is 11.5 Å². The lowest BCUT2D eigenvalue weighted by Gasteiger charge is -2.09. The Balaban J connectivity index is 2.21. The third-order valence-corrected chi connectivity index (χ3v) is 2.80. The lowest BCUT2D eigenvalue weighted by molar-refractivity contribution is 0.194. The van der Waals surface area contributed by atoms with Crippen LogP contribution in [0.25, 0.3) is 0 Å². The Morgan fingerprint density at radius 3 is 2.67 bits per heavy atom. The first-order valence-corrected chi connectivity index (χ1v) is 6.02. The van der Waals surface area contributed by atoms with E-state index in [1.807, 2.05) is 19.1 Å². The summed E-state index contributed by atoms with van der Waals surface area (Å²) in [5.41, 5.74) is 1.61. The van der Waals surface area contributed by atoms with Crippen molar-refractivity contribution in [3.05, 3.63) is 52.8 Å². The molecule has 94 valence electrons. The highest BCUT2D eigenvalue weighted by molar-refractivity contribution is 6.30. The van der Waals surface area contributed by atoms with E-state index in [1.165, 1.54) is 0 Å². The summed E-state index contributed by atoms with van der Waals surface area (Å²) in [6.45, 7) is 3.62. The molecule has 0 aliphatic rings. The van der Waals surface area contributed by atoms with Gasteiger partial charge in [0, 0.05) is 5.02 Å². The Labute approximate surface area is 111 Å². The second kappa shape index (κ2) is 5.38. The Hall–Kier alpha value is -1.58. The monoisotopic (exact) mass is 263 g/mol. The number of rotatable bonds is 3. The van der Waals surface area contributed by atoms with Crippen LogP contribution in [0, 0.1) is 6.92 Å². The van der Waals surface area contributed by atoms with E-state index in [9.17, 15) is 5.11 Å². The fourth-order valence-electron chi connectivity index (χ4n) is 1.51. The van der Waals surface area contributed by atoms with Gasteiger partial charge in [-0.25, -0.2) is 0 Å². The van der Waals surface area contributed by atoms with Gasteiger partial charge in [0.05, 0.1) is 18.0 Å². The van der Waals surface area contributed by atoms with Crippen molar-refractivity contribution in [3.8, 4) is 11.5 Å². The van der Waals surface area contributed by atoms with Crippen molar-refractivity contribution < 1.29 is 9.84 Å². The Morgan fingerprint density at radius 2 is 2.06 bits per heavy atom. The molecule has 0 radical (unpaired) electrons. The maximum absolute atomic E-state index is 9.36. The van der Waals surface area contributed by atoms with Crippen molar-refractivity contribution in [1.82, 2.24) is 4.98 Å². The number of hydrogen-bond donors (Lipinski definition) is 1. The molecule has 4 heteroatoms. The fraction of sp³-hybridized carbons (Fsp3) is 0.214. The van der Waals surface area contributed by atoms with E-state index in [0.717, 1.165) is 5.56 Å². The van der Waals surface area contributed by atoms with E-state index in [2.05, 4.69) is 4.98 Å². The van der Waals surface area contributed by atoms with Gasteiger partial charge < -0.3 is 9.84 Å². The summed E-state index contributed by atoms with van der Waals surface area (Å²) in [6, 6.07) is 8.99. The predicted octanol–water partition coefficient (Wildman–Crippen LogP) is 3.89. The summed E-state index contributed by atoms with van der Waals surface area (Å²) < 4.78 is 5.70. The third-order valence-electron chi connectivity index (χ3n) is 2.57. The highest BCUT2D eigenvalue weighted by Crippen LogP contribution is 2.27. The van der Waals surface area contributed by atoms with Gasteiger partial charge >= 0.3 is 0 Å². The van der Waals surface area contributed by atoms with Gasteiger partial charge in [-0.05, 0) is 43.7 Å². The minimum Gasteiger partial charge on any atom is -0.455 e. The molecule has 0 aliphatic heterocycles. The molecule has 18 heavy (non-hydrogen) atoms. The summed E-state index contributed by atoms with van der Waals surface area (Å²) in [7, 11) is 0. The number of pyridine rings is 1. The number of benzene rings is 1. The van der Waals surface area contributed by atoms with Gasteiger partial charge in [-0.3, -0.25) is 4.98 Å². The van der Waals surface area contributed by atoms with Gasteiger partial charge in [0.25, 0.3) is 0 Å². The average Bonchev–Trinajstić information content (AvgIpc) is 2.34.